The summed E-state index contributed by atoms with van der Waals surface area (Å²) in [5.41, 5.74) is 0. The van der Waals surface area contributed by atoms with E-state index in [9.17, 15) is 9.90 Å². The molecule has 88 valence electrons. The molecule has 0 spiro atoms. The standard InChI is InChI=1S/C11H21NO3/c1-3-6-15-8-11(14)12-5-4-10(7-12)9(2)13/h9-10,13H,3-8H2,1-2H3. The fraction of sp³-hybridized carbons (Fsp3) is 0.909. The maximum Gasteiger partial charge on any atom is 0.248 e. The largest absolute Gasteiger partial charge is 0.393 e. The van der Waals surface area contributed by atoms with Crippen LogP contribution in [0.15, 0.2) is 0 Å². The van der Waals surface area contributed by atoms with Crippen molar-refractivity contribution >= 4 is 5.91 Å². The Bertz CT molecular complexity index is 206. The Morgan fingerprint density at radius 2 is 2.40 bits per heavy atom. The van der Waals surface area contributed by atoms with Crippen LogP contribution >= 0.6 is 0 Å². The molecule has 15 heavy (non-hydrogen) atoms. The van der Waals surface area contributed by atoms with Crippen LogP contribution in [0.1, 0.15) is 26.7 Å². The zero-order valence-corrected chi connectivity index (χ0v) is 9.61. The van der Waals surface area contributed by atoms with Gasteiger partial charge in [0.1, 0.15) is 6.61 Å². The number of amides is 1. The lowest BCUT2D eigenvalue weighted by Crippen LogP contribution is -2.33. The molecule has 4 nitrogen and oxygen atoms in total. The summed E-state index contributed by atoms with van der Waals surface area (Å²) in [5, 5.41) is 9.40. The summed E-state index contributed by atoms with van der Waals surface area (Å²) < 4.78 is 5.20. The number of ether oxygens (including phenoxy) is 1. The van der Waals surface area contributed by atoms with E-state index >= 15 is 0 Å². The number of aliphatic hydroxyl groups excluding tert-OH is 1. The molecule has 0 aromatic carbocycles. The van der Waals surface area contributed by atoms with Gasteiger partial charge in [0, 0.05) is 25.6 Å². The summed E-state index contributed by atoms with van der Waals surface area (Å²) in [7, 11) is 0. The molecule has 1 rings (SSSR count). The molecular formula is C11H21NO3. The lowest BCUT2D eigenvalue weighted by atomic mass is 10.0. The molecule has 1 aliphatic rings. The average Bonchev–Trinajstić information content (AvgIpc) is 2.66. The fourth-order valence-electron chi connectivity index (χ4n) is 1.80. The average molecular weight is 215 g/mol. The van der Waals surface area contributed by atoms with Crippen LogP contribution < -0.4 is 0 Å². The second-order valence-corrected chi connectivity index (χ2v) is 4.18. The van der Waals surface area contributed by atoms with E-state index < -0.39 is 0 Å². The maximum atomic E-state index is 11.6. The molecule has 0 saturated carbocycles. The highest BCUT2D eigenvalue weighted by atomic mass is 16.5. The number of carbonyl (C=O) groups is 1. The second kappa shape index (κ2) is 6.08. The molecule has 4 heteroatoms. The van der Waals surface area contributed by atoms with Crippen LogP contribution in [-0.4, -0.2) is 48.3 Å². The van der Waals surface area contributed by atoms with E-state index in [1.54, 1.807) is 11.8 Å². The summed E-state index contributed by atoms with van der Waals surface area (Å²) in [6.45, 7) is 6.05. The van der Waals surface area contributed by atoms with Crippen LogP contribution in [0.5, 0.6) is 0 Å². The van der Waals surface area contributed by atoms with Gasteiger partial charge in [-0.15, -0.1) is 0 Å². The van der Waals surface area contributed by atoms with Crippen LogP contribution in [0.3, 0.4) is 0 Å². The highest BCUT2D eigenvalue weighted by Gasteiger charge is 2.28. The molecule has 2 unspecified atom stereocenters. The normalized spacial score (nSPS) is 23.1. The lowest BCUT2D eigenvalue weighted by Gasteiger charge is -2.17. The number of rotatable bonds is 5. The molecule has 1 heterocycles. The van der Waals surface area contributed by atoms with Crippen molar-refractivity contribution in [2.24, 2.45) is 5.92 Å². The first-order valence-electron chi connectivity index (χ1n) is 5.68. The van der Waals surface area contributed by atoms with Crippen molar-refractivity contribution in [1.29, 1.82) is 0 Å². The zero-order chi connectivity index (χ0) is 11.3. The van der Waals surface area contributed by atoms with Gasteiger partial charge >= 0.3 is 0 Å². The van der Waals surface area contributed by atoms with E-state index in [1.807, 2.05) is 6.92 Å². The van der Waals surface area contributed by atoms with Gasteiger partial charge in [0.25, 0.3) is 0 Å². The van der Waals surface area contributed by atoms with E-state index in [-0.39, 0.29) is 24.5 Å². The Hall–Kier alpha value is -0.610. The molecule has 0 bridgehead atoms. The van der Waals surface area contributed by atoms with Gasteiger partial charge in [-0.2, -0.15) is 0 Å². The summed E-state index contributed by atoms with van der Waals surface area (Å²) >= 11 is 0. The topological polar surface area (TPSA) is 49.8 Å². The maximum absolute atomic E-state index is 11.6. The minimum Gasteiger partial charge on any atom is -0.393 e. The van der Waals surface area contributed by atoms with Crippen molar-refractivity contribution in [2.75, 3.05) is 26.3 Å². The molecule has 2 atom stereocenters. The third-order valence-corrected chi connectivity index (χ3v) is 2.83. The van der Waals surface area contributed by atoms with Gasteiger partial charge in [-0.25, -0.2) is 0 Å². The van der Waals surface area contributed by atoms with E-state index in [1.165, 1.54) is 0 Å². The van der Waals surface area contributed by atoms with Gasteiger partial charge in [0.2, 0.25) is 5.91 Å². The highest BCUT2D eigenvalue weighted by molar-refractivity contribution is 5.77. The zero-order valence-electron chi connectivity index (χ0n) is 9.61. The third kappa shape index (κ3) is 3.80. The Labute approximate surface area is 91.2 Å². The summed E-state index contributed by atoms with van der Waals surface area (Å²) in [6.07, 6.45) is 1.51. The van der Waals surface area contributed by atoms with Gasteiger partial charge < -0.3 is 14.7 Å². The predicted molar refractivity (Wildman–Crippen MR) is 57.5 cm³/mol. The molecule has 0 aromatic rings. The van der Waals surface area contributed by atoms with Crippen molar-refractivity contribution in [3.05, 3.63) is 0 Å². The number of hydrogen-bond acceptors (Lipinski definition) is 3. The lowest BCUT2D eigenvalue weighted by molar-refractivity contribution is -0.135. The predicted octanol–water partition coefficient (Wildman–Crippen LogP) is 0.642. The molecule has 1 amide bonds. The Kier molecular flexibility index (Phi) is 5.05. The van der Waals surface area contributed by atoms with Crippen molar-refractivity contribution in [2.45, 2.75) is 32.8 Å². The van der Waals surface area contributed by atoms with E-state index in [2.05, 4.69) is 0 Å². The van der Waals surface area contributed by atoms with E-state index in [0.717, 1.165) is 19.4 Å². The molecule has 1 aliphatic heterocycles. The summed E-state index contributed by atoms with van der Waals surface area (Å²) in [6, 6.07) is 0. The van der Waals surface area contributed by atoms with Crippen LogP contribution in [0.4, 0.5) is 0 Å². The first-order chi connectivity index (χ1) is 7.15. The molecule has 1 N–H and O–H groups in total. The van der Waals surface area contributed by atoms with Crippen molar-refractivity contribution in [3.8, 4) is 0 Å². The van der Waals surface area contributed by atoms with Crippen LogP contribution in [0, 0.1) is 5.92 Å². The SMILES string of the molecule is CCCOCC(=O)N1CCC(C(C)O)C1. The number of nitrogens with zero attached hydrogens (tertiary/aromatic N) is 1. The number of carbonyl (C=O) groups excluding carboxylic acids is 1. The van der Waals surface area contributed by atoms with Gasteiger partial charge in [-0.1, -0.05) is 6.92 Å². The molecule has 0 aromatic heterocycles. The van der Waals surface area contributed by atoms with Crippen molar-refractivity contribution < 1.29 is 14.6 Å². The highest BCUT2D eigenvalue weighted by Crippen LogP contribution is 2.19. The summed E-state index contributed by atoms with van der Waals surface area (Å²) in [4.78, 5) is 13.4. The quantitative estimate of drug-likeness (QED) is 0.685. The molecule has 0 radical (unpaired) electrons. The van der Waals surface area contributed by atoms with Gasteiger partial charge in [-0.05, 0) is 19.8 Å². The van der Waals surface area contributed by atoms with Gasteiger partial charge in [-0.3, -0.25) is 4.79 Å². The van der Waals surface area contributed by atoms with Crippen molar-refractivity contribution in [1.82, 2.24) is 4.90 Å². The van der Waals surface area contributed by atoms with E-state index in [0.29, 0.717) is 13.2 Å². The monoisotopic (exact) mass is 215 g/mol. The molecule has 1 fully saturated rings. The number of aliphatic hydroxyl groups is 1. The Morgan fingerprint density at radius 1 is 1.67 bits per heavy atom. The molecular weight excluding hydrogens is 194 g/mol. The van der Waals surface area contributed by atoms with Crippen LogP contribution in [0.25, 0.3) is 0 Å². The first kappa shape index (κ1) is 12.5. The van der Waals surface area contributed by atoms with Crippen LogP contribution in [0.2, 0.25) is 0 Å². The third-order valence-electron chi connectivity index (χ3n) is 2.83. The van der Waals surface area contributed by atoms with E-state index in [4.69, 9.17) is 4.74 Å². The Balaban J connectivity index is 2.24. The smallest absolute Gasteiger partial charge is 0.248 e. The minimum absolute atomic E-state index is 0.0478. The first-order valence-corrected chi connectivity index (χ1v) is 5.68. The number of hydrogen-bond donors (Lipinski definition) is 1. The fourth-order valence-corrected chi connectivity index (χ4v) is 1.80. The Morgan fingerprint density at radius 3 is 2.93 bits per heavy atom. The number of likely N-dealkylation sites (tertiary alicyclic amines) is 1. The van der Waals surface area contributed by atoms with Crippen molar-refractivity contribution in [3.63, 3.8) is 0 Å². The minimum atomic E-state index is -0.320. The summed E-state index contributed by atoms with van der Waals surface area (Å²) in [5.74, 6) is 0.284. The molecule has 1 saturated heterocycles. The second-order valence-electron chi connectivity index (χ2n) is 4.18. The van der Waals surface area contributed by atoms with Gasteiger partial charge in [0.15, 0.2) is 0 Å². The van der Waals surface area contributed by atoms with Gasteiger partial charge in [0.05, 0.1) is 6.10 Å². The molecule has 0 aliphatic carbocycles. The van der Waals surface area contributed by atoms with Crippen LogP contribution in [-0.2, 0) is 9.53 Å².